The van der Waals surface area contributed by atoms with Gasteiger partial charge in [0.2, 0.25) is 0 Å². The van der Waals surface area contributed by atoms with Crippen LogP contribution in [0.3, 0.4) is 0 Å². The third kappa shape index (κ3) is 4.42. The van der Waals surface area contributed by atoms with Crippen LogP contribution in [0.25, 0.3) is 0 Å². The third-order valence-corrected chi connectivity index (χ3v) is 6.12. The molecular weight excluding hydrogens is 350 g/mol. The summed E-state index contributed by atoms with van der Waals surface area (Å²) in [6.07, 6.45) is 3.24. The SMILES string of the molecule is O=C(N[C@H]1CCCc2ccccc21)c1ccc(CSc2ccccc2)cc1. The molecule has 1 N–H and O–H groups in total. The molecule has 4 rings (SSSR count). The second-order valence-electron chi connectivity index (χ2n) is 6.92. The molecule has 3 heteroatoms. The summed E-state index contributed by atoms with van der Waals surface area (Å²) in [4.78, 5) is 14.0. The Hall–Kier alpha value is -2.52. The fraction of sp³-hybridized carbons (Fsp3) is 0.208. The number of nitrogens with one attached hydrogen (secondary N) is 1. The molecule has 0 heterocycles. The van der Waals surface area contributed by atoms with E-state index in [1.807, 2.05) is 30.0 Å². The normalized spacial score (nSPS) is 15.8. The molecule has 0 saturated carbocycles. The highest BCUT2D eigenvalue weighted by Crippen LogP contribution is 2.29. The molecule has 0 aliphatic heterocycles. The van der Waals surface area contributed by atoms with Gasteiger partial charge in [-0.25, -0.2) is 0 Å². The van der Waals surface area contributed by atoms with Crippen LogP contribution >= 0.6 is 11.8 Å². The van der Waals surface area contributed by atoms with Crippen LogP contribution < -0.4 is 5.32 Å². The summed E-state index contributed by atoms with van der Waals surface area (Å²) in [7, 11) is 0. The molecule has 136 valence electrons. The van der Waals surface area contributed by atoms with Gasteiger partial charge < -0.3 is 5.32 Å². The average molecular weight is 374 g/mol. The van der Waals surface area contributed by atoms with E-state index in [4.69, 9.17) is 0 Å². The number of rotatable bonds is 5. The van der Waals surface area contributed by atoms with Crippen molar-refractivity contribution >= 4 is 17.7 Å². The van der Waals surface area contributed by atoms with Crippen molar-refractivity contribution in [2.75, 3.05) is 0 Å². The van der Waals surface area contributed by atoms with E-state index >= 15 is 0 Å². The molecule has 1 aliphatic carbocycles. The molecule has 0 aromatic heterocycles. The lowest BCUT2D eigenvalue weighted by molar-refractivity contribution is 0.0933. The van der Waals surface area contributed by atoms with Crippen LogP contribution in [-0.2, 0) is 12.2 Å². The summed E-state index contributed by atoms with van der Waals surface area (Å²) in [5, 5.41) is 3.22. The summed E-state index contributed by atoms with van der Waals surface area (Å²) in [6.45, 7) is 0. The fourth-order valence-corrected chi connectivity index (χ4v) is 4.46. The molecule has 0 saturated heterocycles. The van der Waals surface area contributed by atoms with E-state index in [9.17, 15) is 4.79 Å². The minimum Gasteiger partial charge on any atom is -0.345 e. The molecule has 0 fully saturated rings. The van der Waals surface area contributed by atoms with E-state index < -0.39 is 0 Å². The Balaban J connectivity index is 1.38. The number of carbonyl (C=O) groups excluding carboxylic acids is 1. The third-order valence-electron chi connectivity index (χ3n) is 5.04. The van der Waals surface area contributed by atoms with Gasteiger partial charge in [0, 0.05) is 16.2 Å². The Morgan fingerprint density at radius 2 is 1.67 bits per heavy atom. The molecule has 0 bridgehead atoms. The fourth-order valence-electron chi connectivity index (χ4n) is 3.58. The summed E-state index contributed by atoms with van der Waals surface area (Å²) in [6, 6.07) is 26.9. The van der Waals surface area contributed by atoms with Crippen molar-refractivity contribution in [1.29, 1.82) is 0 Å². The molecule has 0 spiro atoms. The molecule has 1 aliphatic rings. The highest BCUT2D eigenvalue weighted by Gasteiger charge is 2.21. The lowest BCUT2D eigenvalue weighted by Gasteiger charge is -2.26. The maximum atomic E-state index is 12.7. The van der Waals surface area contributed by atoms with Crippen molar-refractivity contribution in [3.8, 4) is 0 Å². The second-order valence-corrected chi connectivity index (χ2v) is 7.96. The van der Waals surface area contributed by atoms with E-state index in [1.54, 1.807) is 0 Å². The molecule has 1 atom stereocenters. The smallest absolute Gasteiger partial charge is 0.251 e. The van der Waals surface area contributed by atoms with Crippen LogP contribution in [0.1, 0.15) is 45.9 Å². The minimum absolute atomic E-state index is 0.0129. The number of aryl methyl sites for hydroxylation is 1. The second kappa shape index (κ2) is 8.45. The Morgan fingerprint density at radius 1 is 0.926 bits per heavy atom. The van der Waals surface area contributed by atoms with Gasteiger partial charge in [-0.2, -0.15) is 0 Å². The van der Waals surface area contributed by atoms with E-state index in [-0.39, 0.29) is 11.9 Å². The van der Waals surface area contributed by atoms with Gasteiger partial charge in [0.1, 0.15) is 0 Å². The molecule has 0 radical (unpaired) electrons. The largest absolute Gasteiger partial charge is 0.345 e. The lowest BCUT2D eigenvalue weighted by Crippen LogP contribution is -2.30. The quantitative estimate of drug-likeness (QED) is 0.574. The van der Waals surface area contributed by atoms with E-state index in [2.05, 4.69) is 66.0 Å². The van der Waals surface area contributed by atoms with Crippen molar-refractivity contribution < 1.29 is 4.79 Å². The topological polar surface area (TPSA) is 29.1 Å². The van der Waals surface area contributed by atoms with Crippen molar-refractivity contribution in [2.45, 2.75) is 36.0 Å². The molecule has 3 aromatic carbocycles. The Morgan fingerprint density at radius 3 is 2.48 bits per heavy atom. The van der Waals surface area contributed by atoms with Gasteiger partial charge in [-0.3, -0.25) is 4.79 Å². The maximum absolute atomic E-state index is 12.7. The highest BCUT2D eigenvalue weighted by molar-refractivity contribution is 7.98. The molecule has 2 nitrogen and oxygen atoms in total. The molecule has 3 aromatic rings. The van der Waals surface area contributed by atoms with Crippen LogP contribution in [0.2, 0.25) is 0 Å². The van der Waals surface area contributed by atoms with E-state index in [1.165, 1.54) is 21.6 Å². The first-order chi connectivity index (χ1) is 13.3. The summed E-state index contributed by atoms with van der Waals surface area (Å²) >= 11 is 1.81. The van der Waals surface area contributed by atoms with Gasteiger partial charge in [-0.05, 0) is 60.2 Å². The number of carbonyl (C=O) groups is 1. The summed E-state index contributed by atoms with van der Waals surface area (Å²) < 4.78 is 0. The van der Waals surface area contributed by atoms with E-state index in [0.717, 1.165) is 30.6 Å². The van der Waals surface area contributed by atoms with Crippen LogP contribution in [0.5, 0.6) is 0 Å². The molecular formula is C24H23NOS. The number of thioether (sulfide) groups is 1. The molecule has 1 amide bonds. The predicted molar refractivity (Wildman–Crippen MR) is 112 cm³/mol. The average Bonchev–Trinajstić information content (AvgIpc) is 2.74. The van der Waals surface area contributed by atoms with Crippen molar-refractivity contribution in [3.05, 3.63) is 101 Å². The van der Waals surface area contributed by atoms with Crippen LogP contribution in [0.4, 0.5) is 0 Å². The number of amides is 1. The van der Waals surface area contributed by atoms with Gasteiger partial charge in [0.25, 0.3) is 5.91 Å². The lowest BCUT2D eigenvalue weighted by atomic mass is 9.87. The van der Waals surface area contributed by atoms with Crippen LogP contribution in [0, 0.1) is 0 Å². The first-order valence-electron chi connectivity index (χ1n) is 9.45. The van der Waals surface area contributed by atoms with Crippen LogP contribution in [0.15, 0.2) is 83.8 Å². The van der Waals surface area contributed by atoms with Crippen LogP contribution in [-0.4, -0.2) is 5.91 Å². The standard InChI is InChI=1S/C24H23NOS/c26-24(25-23-12-6-8-19-7-4-5-11-22(19)23)20-15-13-18(14-16-20)17-27-21-9-2-1-3-10-21/h1-5,7,9-11,13-16,23H,6,8,12,17H2,(H,25,26)/t23-/m0/s1. The van der Waals surface area contributed by atoms with Crippen molar-refractivity contribution in [2.24, 2.45) is 0 Å². The number of hydrogen-bond acceptors (Lipinski definition) is 2. The minimum atomic E-state index is 0.0129. The predicted octanol–water partition coefficient (Wildman–Crippen LogP) is 5.79. The zero-order valence-corrected chi connectivity index (χ0v) is 16.0. The van der Waals surface area contributed by atoms with Gasteiger partial charge in [-0.15, -0.1) is 11.8 Å². The van der Waals surface area contributed by atoms with Gasteiger partial charge in [0.05, 0.1) is 6.04 Å². The highest BCUT2D eigenvalue weighted by atomic mass is 32.2. The van der Waals surface area contributed by atoms with Gasteiger partial charge in [-0.1, -0.05) is 54.6 Å². The first kappa shape index (κ1) is 17.9. The Kier molecular flexibility index (Phi) is 5.59. The number of benzene rings is 3. The number of hydrogen-bond donors (Lipinski definition) is 1. The zero-order valence-electron chi connectivity index (χ0n) is 15.2. The molecule has 0 unspecified atom stereocenters. The Labute approximate surface area is 165 Å². The summed E-state index contributed by atoms with van der Waals surface area (Å²) in [5.74, 6) is 0.918. The van der Waals surface area contributed by atoms with E-state index in [0.29, 0.717) is 0 Å². The molecule has 27 heavy (non-hydrogen) atoms. The first-order valence-corrected chi connectivity index (χ1v) is 10.4. The zero-order chi connectivity index (χ0) is 18.5. The van der Waals surface area contributed by atoms with Gasteiger partial charge >= 0.3 is 0 Å². The van der Waals surface area contributed by atoms with Gasteiger partial charge in [0.15, 0.2) is 0 Å². The van der Waals surface area contributed by atoms with Crippen molar-refractivity contribution in [1.82, 2.24) is 5.32 Å². The van der Waals surface area contributed by atoms with Crippen molar-refractivity contribution in [3.63, 3.8) is 0 Å². The number of fused-ring (bicyclic) bond motifs is 1. The Bertz CT molecular complexity index is 905. The summed E-state index contributed by atoms with van der Waals surface area (Å²) in [5.41, 5.74) is 4.59. The maximum Gasteiger partial charge on any atom is 0.251 e. The monoisotopic (exact) mass is 373 g/mol.